The van der Waals surface area contributed by atoms with Crippen LogP contribution in [0.1, 0.15) is 45.4 Å². The fourth-order valence-corrected chi connectivity index (χ4v) is 2.20. The van der Waals surface area contributed by atoms with E-state index >= 15 is 0 Å². The quantitative estimate of drug-likeness (QED) is 0.367. The number of hydrogen-bond acceptors (Lipinski definition) is 2. The summed E-state index contributed by atoms with van der Waals surface area (Å²) in [6.45, 7) is 5.60. The molecule has 2 unspecified atom stereocenters. The first-order valence-corrected chi connectivity index (χ1v) is 6.78. The Kier molecular flexibility index (Phi) is 9.57. The monoisotopic (exact) mass is 218 g/mol. The van der Waals surface area contributed by atoms with Gasteiger partial charge in [0.15, 0.2) is 0 Å². The average molecular weight is 218 g/mol. The van der Waals surface area contributed by atoms with Crippen LogP contribution in [0, 0.1) is 0 Å². The molecule has 2 nitrogen and oxygen atoms in total. The molecule has 0 amide bonds. The van der Waals surface area contributed by atoms with Crippen LogP contribution in [-0.2, 0) is 11.2 Å². The van der Waals surface area contributed by atoms with Gasteiger partial charge in [-0.25, -0.2) is 0 Å². The molecule has 0 aliphatic heterocycles. The van der Waals surface area contributed by atoms with Gasteiger partial charge >= 0.3 is 0 Å². The van der Waals surface area contributed by atoms with E-state index in [1.54, 1.807) is 0 Å². The van der Waals surface area contributed by atoms with Gasteiger partial charge in [0.1, 0.15) is 5.75 Å². The van der Waals surface area contributed by atoms with Gasteiger partial charge in [0.2, 0.25) is 5.44 Å². The minimum Gasteiger partial charge on any atom is -0.614 e. The second kappa shape index (κ2) is 9.56. The van der Waals surface area contributed by atoms with Crippen LogP contribution in [0.3, 0.4) is 0 Å². The van der Waals surface area contributed by atoms with Crippen molar-refractivity contribution in [2.75, 3.05) is 5.75 Å². The van der Waals surface area contributed by atoms with E-state index in [1.165, 1.54) is 31.8 Å². The summed E-state index contributed by atoms with van der Waals surface area (Å²) in [6.07, 6.45) is 8.44. The Balaban J connectivity index is 3.22. The van der Waals surface area contributed by atoms with Gasteiger partial charge in [-0.15, -0.1) is 0 Å². The molecule has 1 N–H and O–H groups in total. The van der Waals surface area contributed by atoms with Crippen LogP contribution in [0.5, 0.6) is 0 Å². The highest BCUT2D eigenvalue weighted by molar-refractivity contribution is 7.91. The van der Waals surface area contributed by atoms with Crippen molar-refractivity contribution in [1.82, 2.24) is 0 Å². The molecule has 0 aromatic heterocycles. The molecule has 0 heterocycles. The zero-order valence-electron chi connectivity index (χ0n) is 9.08. The lowest BCUT2D eigenvalue weighted by Crippen LogP contribution is -2.21. The summed E-state index contributed by atoms with van der Waals surface area (Å²) in [5, 5.41) is 9.15. The summed E-state index contributed by atoms with van der Waals surface area (Å²) in [6, 6.07) is 0. The fourth-order valence-electron chi connectivity index (χ4n) is 1.25. The predicted molar refractivity (Wildman–Crippen MR) is 62.6 cm³/mol. The maximum atomic E-state index is 11.3. The molecule has 0 aromatic carbocycles. The van der Waals surface area contributed by atoms with Crippen molar-refractivity contribution >= 4 is 11.2 Å². The minimum atomic E-state index is -1.13. The summed E-state index contributed by atoms with van der Waals surface area (Å²) in [7, 11) is 0. The third-order valence-corrected chi connectivity index (χ3v) is 3.59. The van der Waals surface area contributed by atoms with Crippen molar-refractivity contribution in [1.29, 1.82) is 0 Å². The second-order valence-corrected chi connectivity index (χ2v) is 5.13. The normalized spacial score (nSPS) is 15.1. The van der Waals surface area contributed by atoms with Gasteiger partial charge in [-0.3, -0.25) is 0 Å². The first kappa shape index (κ1) is 14.0. The molecule has 0 radical (unpaired) electrons. The molecule has 2 atom stereocenters. The molecule has 0 saturated heterocycles. The largest absolute Gasteiger partial charge is 0.614 e. The fraction of sp³-hybridized carbons (Fsp3) is 0.818. The Morgan fingerprint density at radius 3 is 2.43 bits per heavy atom. The van der Waals surface area contributed by atoms with Crippen LogP contribution in [-0.4, -0.2) is 20.8 Å². The molecule has 0 saturated carbocycles. The molecule has 0 spiro atoms. The number of hydrogen-bond donors (Lipinski definition) is 1. The zero-order chi connectivity index (χ0) is 10.8. The molecular weight excluding hydrogens is 196 g/mol. The third-order valence-electron chi connectivity index (χ3n) is 2.17. The van der Waals surface area contributed by atoms with E-state index in [-0.39, 0.29) is 0 Å². The van der Waals surface area contributed by atoms with Crippen LogP contribution in [0.15, 0.2) is 12.7 Å². The number of rotatable bonds is 9. The Morgan fingerprint density at radius 1 is 1.29 bits per heavy atom. The summed E-state index contributed by atoms with van der Waals surface area (Å²) >= 11 is -1.13. The summed E-state index contributed by atoms with van der Waals surface area (Å²) in [4.78, 5) is 0. The van der Waals surface area contributed by atoms with E-state index in [0.29, 0.717) is 5.75 Å². The standard InChI is InChI=1S/C11H22O2S/c1-3-5-6-7-8-9-10-14(13)11(12)4-2/h4,11-12H,2-3,5-10H2,1H3. The number of aliphatic hydroxyl groups excluding tert-OH is 1. The van der Waals surface area contributed by atoms with E-state index in [0.717, 1.165) is 12.8 Å². The summed E-state index contributed by atoms with van der Waals surface area (Å²) in [5.41, 5.74) is -0.842. The Morgan fingerprint density at radius 2 is 1.86 bits per heavy atom. The van der Waals surface area contributed by atoms with Crippen LogP contribution < -0.4 is 0 Å². The summed E-state index contributed by atoms with van der Waals surface area (Å²) in [5.74, 6) is 0.597. The molecule has 0 aliphatic rings. The third kappa shape index (κ3) is 7.42. The van der Waals surface area contributed by atoms with E-state index in [9.17, 15) is 4.55 Å². The van der Waals surface area contributed by atoms with Crippen molar-refractivity contribution in [3.63, 3.8) is 0 Å². The highest BCUT2D eigenvalue weighted by Crippen LogP contribution is 2.08. The molecule has 0 fully saturated rings. The zero-order valence-corrected chi connectivity index (χ0v) is 9.89. The van der Waals surface area contributed by atoms with Crippen molar-refractivity contribution in [2.45, 2.75) is 50.9 Å². The van der Waals surface area contributed by atoms with E-state index in [2.05, 4.69) is 13.5 Å². The van der Waals surface area contributed by atoms with Crippen LogP contribution in [0.25, 0.3) is 0 Å². The maximum Gasteiger partial charge on any atom is 0.232 e. The van der Waals surface area contributed by atoms with E-state index < -0.39 is 16.6 Å². The minimum absolute atomic E-state index is 0.597. The van der Waals surface area contributed by atoms with Gasteiger partial charge in [-0.05, 0) is 30.1 Å². The van der Waals surface area contributed by atoms with Gasteiger partial charge in [0.05, 0.1) is 0 Å². The molecule has 0 aliphatic carbocycles. The van der Waals surface area contributed by atoms with Crippen molar-refractivity contribution in [3.8, 4) is 0 Å². The lowest BCUT2D eigenvalue weighted by atomic mass is 10.1. The molecular formula is C11H22O2S. The highest BCUT2D eigenvalue weighted by Gasteiger charge is 2.13. The van der Waals surface area contributed by atoms with Crippen LogP contribution in [0.2, 0.25) is 0 Å². The van der Waals surface area contributed by atoms with Crippen molar-refractivity contribution < 1.29 is 9.66 Å². The van der Waals surface area contributed by atoms with Crippen molar-refractivity contribution in [2.24, 2.45) is 0 Å². The predicted octanol–water partition coefficient (Wildman–Crippen LogP) is 2.60. The first-order valence-electron chi connectivity index (χ1n) is 5.40. The lowest BCUT2D eigenvalue weighted by Gasteiger charge is -2.13. The molecule has 0 aromatic rings. The van der Waals surface area contributed by atoms with Crippen LogP contribution in [0.4, 0.5) is 0 Å². The molecule has 3 heteroatoms. The SMILES string of the molecule is C=CC(O)[S+]([O-])CCCCCCCC. The molecule has 84 valence electrons. The number of unbranched alkanes of at least 4 members (excludes halogenated alkanes) is 5. The Hall–Kier alpha value is 0.01000. The topological polar surface area (TPSA) is 43.3 Å². The molecule has 14 heavy (non-hydrogen) atoms. The lowest BCUT2D eigenvalue weighted by molar-refractivity contribution is 0.294. The number of aliphatic hydroxyl groups is 1. The maximum absolute atomic E-state index is 11.3. The smallest absolute Gasteiger partial charge is 0.232 e. The van der Waals surface area contributed by atoms with Crippen molar-refractivity contribution in [3.05, 3.63) is 12.7 Å². The van der Waals surface area contributed by atoms with Gasteiger partial charge in [-0.2, -0.15) is 0 Å². The van der Waals surface area contributed by atoms with Crippen LogP contribution >= 0.6 is 0 Å². The van der Waals surface area contributed by atoms with E-state index in [4.69, 9.17) is 5.11 Å². The highest BCUT2D eigenvalue weighted by atomic mass is 32.2. The Labute approximate surface area is 90.6 Å². The average Bonchev–Trinajstić information content (AvgIpc) is 2.21. The summed E-state index contributed by atoms with van der Waals surface area (Å²) < 4.78 is 11.3. The molecule has 0 rings (SSSR count). The van der Waals surface area contributed by atoms with Gasteiger partial charge in [-0.1, -0.05) is 39.2 Å². The Bertz CT molecular complexity index is 139. The van der Waals surface area contributed by atoms with Gasteiger partial charge < -0.3 is 9.66 Å². The van der Waals surface area contributed by atoms with Gasteiger partial charge in [0, 0.05) is 0 Å². The first-order chi connectivity index (χ1) is 6.72. The second-order valence-electron chi connectivity index (χ2n) is 3.48. The van der Waals surface area contributed by atoms with E-state index in [1.807, 2.05) is 0 Å². The van der Waals surface area contributed by atoms with Gasteiger partial charge in [0.25, 0.3) is 0 Å². The molecule has 0 bridgehead atoms.